The van der Waals surface area contributed by atoms with E-state index in [1.807, 2.05) is 19.1 Å². The van der Waals surface area contributed by atoms with Crippen LogP contribution < -0.4 is 10.1 Å². The normalized spacial score (nSPS) is 18.6. The highest BCUT2D eigenvalue weighted by Crippen LogP contribution is 2.18. The average Bonchev–Trinajstić information content (AvgIpc) is 2.40. The molecule has 18 heavy (non-hydrogen) atoms. The Balaban J connectivity index is 1.74. The number of nitrogens with one attached hydrogen (secondary N) is 1. The van der Waals surface area contributed by atoms with Gasteiger partial charge in [0.1, 0.15) is 11.9 Å². The van der Waals surface area contributed by atoms with Crippen LogP contribution in [-0.2, 0) is 0 Å². The quantitative estimate of drug-likeness (QED) is 0.869. The lowest BCUT2D eigenvalue weighted by atomic mass is 9.95. The number of aromatic nitrogens is 1. The summed E-state index contributed by atoms with van der Waals surface area (Å²) in [6.45, 7) is 5.01. The maximum absolute atomic E-state index is 5.91. The molecule has 0 aliphatic heterocycles. The van der Waals surface area contributed by atoms with E-state index in [2.05, 4.69) is 17.2 Å². The summed E-state index contributed by atoms with van der Waals surface area (Å²) in [4.78, 5) is 4.24. The number of hydrogen-bond donors (Lipinski definition) is 1. The molecule has 0 radical (unpaired) electrons. The minimum atomic E-state index is 0.190. The Kier molecular flexibility index (Phi) is 5.00. The predicted molar refractivity (Wildman–Crippen MR) is 73.9 cm³/mol. The average molecular weight is 248 g/mol. The van der Waals surface area contributed by atoms with E-state index < -0.39 is 0 Å². The van der Waals surface area contributed by atoms with Crippen LogP contribution in [0.3, 0.4) is 0 Å². The number of hydrogen-bond acceptors (Lipinski definition) is 3. The summed E-state index contributed by atoms with van der Waals surface area (Å²) in [7, 11) is 0. The van der Waals surface area contributed by atoms with Gasteiger partial charge >= 0.3 is 0 Å². The lowest BCUT2D eigenvalue weighted by Crippen LogP contribution is -2.37. The molecule has 3 nitrogen and oxygen atoms in total. The third-order valence-electron chi connectivity index (χ3n) is 3.59. The molecule has 0 spiro atoms. The van der Waals surface area contributed by atoms with Crippen molar-refractivity contribution in [2.75, 3.05) is 6.54 Å². The van der Waals surface area contributed by atoms with Crippen LogP contribution >= 0.6 is 0 Å². The van der Waals surface area contributed by atoms with Gasteiger partial charge in [-0.3, -0.25) is 4.98 Å². The molecule has 1 fully saturated rings. The van der Waals surface area contributed by atoms with Gasteiger partial charge in [-0.15, -0.1) is 0 Å². The molecular weight excluding hydrogens is 224 g/mol. The molecule has 2 rings (SSSR count). The molecule has 1 aliphatic rings. The second-order valence-corrected chi connectivity index (χ2v) is 5.26. The first-order chi connectivity index (χ1) is 8.75. The first-order valence-corrected chi connectivity index (χ1v) is 7.07. The van der Waals surface area contributed by atoms with Crippen LogP contribution in [0, 0.1) is 6.92 Å². The van der Waals surface area contributed by atoms with Crippen LogP contribution in [0.1, 0.15) is 44.7 Å². The van der Waals surface area contributed by atoms with Crippen molar-refractivity contribution in [3.05, 3.63) is 24.0 Å². The standard InChI is InChI=1S/C15H24N2O/c1-12(11-17-14-7-4-3-5-8-14)18-15-9-6-10-16-13(15)2/h6,9-10,12,14,17H,3-5,7-8,11H2,1-2H3. The summed E-state index contributed by atoms with van der Waals surface area (Å²) in [5, 5.41) is 3.62. The van der Waals surface area contributed by atoms with E-state index in [-0.39, 0.29) is 6.10 Å². The van der Waals surface area contributed by atoms with Gasteiger partial charge in [0.05, 0.1) is 5.69 Å². The minimum Gasteiger partial charge on any atom is -0.487 e. The summed E-state index contributed by atoms with van der Waals surface area (Å²) in [6, 6.07) is 4.60. The highest BCUT2D eigenvalue weighted by atomic mass is 16.5. The highest BCUT2D eigenvalue weighted by Gasteiger charge is 2.14. The minimum absolute atomic E-state index is 0.190. The van der Waals surface area contributed by atoms with Crippen LogP contribution in [0.4, 0.5) is 0 Å². The van der Waals surface area contributed by atoms with Gasteiger partial charge in [-0.2, -0.15) is 0 Å². The van der Waals surface area contributed by atoms with E-state index in [9.17, 15) is 0 Å². The SMILES string of the molecule is Cc1ncccc1OC(C)CNC1CCCCC1. The Morgan fingerprint density at radius 2 is 2.17 bits per heavy atom. The molecule has 1 aliphatic carbocycles. The lowest BCUT2D eigenvalue weighted by molar-refractivity contribution is 0.203. The molecule has 0 amide bonds. The fourth-order valence-electron chi connectivity index (χ4n) is 2.49. The van der Waals surface area contributed by atoms with Gasteiger partial charge in [0.2, 0.25) is 0 Å². The summed E-state index contributed by atoms with van der Waals surface area (Å²) < 4.78 is 5.91. The highest BCUT2D eigenvalue weighted by molar-refractivity contribution is 5.25. The molecule has 3 heteroatoms. The summed E-state index contributed by atoms with van der Waals surface area (Å²) in [6.07, 6.45) is 8.77. The van der Waals surface area contributed by atoms with E-state index in [1.165, 1.54) is 32.1 Å². The second-order valence-electron chi connectivity index (χ2n) is 5.26. The monoisotopic (exact) mass is 248 g/mol. The number of nitrogens with zero attached hydrogens (tertiary/aromatic N) is 1. The van der Waals surface area contributed by atoms with Crippen molar-refractivity contribution < 1.29 is 4.74 Å². The molecule has 0 aromatic carbocycles. The fraction of sp³-hybridized carbons (Fsp3) is 0.667. The summed E-state index contributed by atoms with van der Waals surface area (Å²) >= 11 is 0. The smallest absolute Gasteiger partial charge is 0.140 e. The van der Waals surface area contributed by atoms with E-state index in [0.717, 1.165) is 18.0 Å². The van der Waals surface area contributed by atoms with Gasteiger partial charge in [0.25, 0.3) is 0 Å². The van der Waals surface area contributed by atoms with Crippen molar-refractivity contribution in [1.29, 1.82) is 0 Å². The van der Waals surface area contributed by atoms with Crippen molar-refractivity contribution in [2.24, 2.45) is 0 Å². The first-order valence-electron chi connectivity index (χ1n) is 7.07. The topological polar surface area (TPSA) is 34.1 Å². The van der Waals surface area contributed by atoms with Crippen LogP contribution in [-0.4, -0.2) is 23.7 Å². The molecule has 0 saturated heterocycles. The molecule has 1 atom stereocenters. The van der Waals surface area contributed by atoms with Gasteiger partial charge in [-0.25, -0.2) is 0 Å². The number of pyridine rings is 1. The Hall–Kier alpha value is -1.09. The molecule has 1 aromatic heterocycles. The Labute approximate surface area is 110 Å². The number of rotatable bonds is 5. The largest absolute Gasteiger partial charge is 0.487 e. The van der Waals surface area contributed by atoms with Crippen molar-refractivity contribution >= 4 is 0 Å². The Morgan fingerprint density at radius 1 is 1.39 bits per heavy atom. The maximum Gasteiger partial charge on any atom is 0.140 e. The van der Waals surface area contributed by atoms with Crippen molar-refractivity contribution in [3.8, 4) is 5.75 Å². The van der Waals surface area contributed by atoms with E-state index in [4.69, 9.17) is 4.74 Å². The molecule has 1 N–H and O–H groups in total. The lowest BCUT2D eigenvalue weighted by Gasteiger charge is -2.25. The van der Waals surface area contributed by atoms with Gasteiger partial charge in [0, 0.05) is 18.8 Å². The van der Waals surface area contributed by atoms with Crippen LogP contribution in [0.2, 0.25) is 0 Å². The van der Waals surface area contributed by atoms with Crippen molar-refractivity contribution in [3.63, 3.8) is 0 Å². The maximum atomic E-state index is 5.91. The second kappa shape index (κ2) is 6.74. The van der Waals surface area contributed by atoms with E-state index >= 15 is 0 Å². The van der Waals surface area contributed by atoms with Crippen molar-refractivity contribution in [2.45, 2.75) is 58.1 Å². The van der Waals surface area contributed by atoms with Crippen LogP contribution in [0.25, 0.3) is 0 Å². The van der Waals surface area contributed by atoms with Gasteiger partial charge in [0.15, 0.2) is 0 Å². The molecule has 1 unspecified atom stereocenters. The van der Waals surface area contributed by atoms with Gasteiger partial charge < -0.3 is 10.1 Å². The number of ether oxygens (including phenoxy) is 1. The van der Waals surface area contributed by atoms with E-state index in [0.29, 0.717) is 6.04 Å². The Bertz CT molecular complexity index is 361. The molecule has 0 bridgehead atoms. The molecule has 1 heterocycles. The third kappa shape index (κ3) is 3.98. The number of aryl methyl sites for hydroxylation is 1. The van der Waals surface area contributed by atoms with Crippen molar-refractivity contribution in [1.82, 2.24) is 10.3 Å². The Morgan fingerprint density at radius 3 is 2.89 bits per heavy atom. The predicted octanol–water partition coefficient (Wildman–Crippen LogP) is 3.08. The van der Waals surface area contributed by atoms with Crippen LogP contribution in [0.5, 0.6) is 5.75 Å². The molecule has 100 valence electrons. The summed E-state index contributed by atoms with van der Waals surface area (Å²) in [5.74, 6) is 0.899. The first kappa shape index (κ1) is 13.3. The zero-order chi connectivity index (χ0) is 12.8. The van der Waals surface area contributed by atoms with Gasteiger partial charge in [-0.1, -0.05) is 19.3 Å². The van der Waals surface area contributed by atoms with E-state index in [1.54, 1.807) is 6.20 Å². The summed E-state index contributed by atoms with van der Waals surface area (Å²) in [5.41, 5.74) is 0.960. The molecular formula is C15H24N2O. The van der Waals surface area contributed by atoms with Crippen LogP contribution in [0.15, 0.2) is 18.3 Å². The zero-order valence-electron chi connectivity index (χ0n) is 11.5. The molecule has 1 aromatic rings. The van der Waals surface area contributed by atoms with Gasteiger partial charge in [-0.05, 0) is 38.8 Å². The third-order valence-corrected chi connectivity index (χ3v) is 3.59. The molecule has 1 saturated carbocycles. The zero-order valence-corrected chi connectivity index (χ0v) is 11.5. The fourth-order valence-corrected chi connectivity index (χ4v) is 2.49.